The van der Waals surface area contributed by atoms with E-state index in [1.807, 2.05) is 55.6 Å². The maximum Gasteiger partial charge on any atom is 0.338 e. The van der Waals surface area contributed by atoms with Gasteiger partial charge in [-0.05, 0) is 35.9 Å². The lowest BCUT2D eigenvalue weighted by molar-refractivity contribution is 0.0463. The number of hydrogen-bond acceptors (Lipinski definition) is 4. The molecule has 0 spiro atoms. The van der Waals surface area contributed by atoms with E-state index >= 15 is 0 Å². The van der Waals surface area contributed by atoms with Gasteiger partial charge in [-0.2, -0.15) is 5.10 Å². The molecule has 1 heterocycles. The summed E-state index contributed by atoms with van der Waals surface area (Å²) in [6, 6.07) is 18.6. The van der Waals surface area contributed by atoms with Crippen LogP contribution in [0.4, 0.5) is 0 Å². The highest BCUT2D eigenvalue weighted by molar-refractivity contribution is 5.89. The first-order chi connectivity index (χ1) is 11.7. The molecule has 0 atom stereocenters. The lowest BCUT2D eigenvalue weighted by Gasteiger charge is -2.08. The van der Waals surface area contributed by atoms with Crippen LogP contribution < -0.4 is 4.74 Å². The Kier molecular flexibility index (Phi) is 4.91. The molecule has 0 aliphatic rings. The second kappa shape index (κ2) is 7.46. The number of rotatable bonds is 6. The van der Waals surface area contributed by atoms with Crippen molar-refractivity contribution in [2.75, 3.05) is 0 Å². The quantitative estimate of drug-likeness (QED) is 0.653. The molecule has 1 aromatic heterocycles. The predicted molar refractivity (Wildman–Crippen MR) is 89.5 cm³/mol. The highest BCUT2D eigenvalue weighted by Gasteiger charge is 2.09. The number of aryl methyl sites for hydroxylation is 1. The van der Waals surface area contributed by atoms with Crippen LogP contribution >= 0.6 is 0 Å². The summed E-state index contributed by atoms with van der Waals surface area (Å²) >= 11 is 0. The zero-order valence-electron chi connectivity index (χ0n) is 13.4. The molecule has 24 heavy (non-hydrogen) atoms. The molecule has 3 aromatic rings. The van der Waals surface area contributed by atoms with Crippen LogP contribution in [0.25, 0.3) is 0 Å². The second-order valence-electron chi connectivity index (χ2n) is 5.32. The zero-order valence-corrected chi connectivity index (χ0v) is 13.4. The van der Waals surface area contributed by atoms with E-state index in [1.54, 1.807) is 23.0 Å². The maximum atomic E-state index is 12.1. The molecule has 0 fully saturated rings. The normalized spacial score (nSPS) is 10.4. The number of para-hydroxylation sites is 1. The Morgan fingerprint density at radius 1 is 1.00 bits per heavy atom. The third-order valence-corrected chi connectivity index (χ3v) is 3.61. The first-order valence-electron chi connectivity index (χ1n) is 7.63. The van der Waals surface area contributed by atoms with Crippen LogP contribution in [-0.4, -0.2) is 15.7 Å². The smallest absolute Gasteiger partial charge is 0.338 e. The molecule has 5 nitrogen and oxygen atoms in total. The van der Waals surface area contributed by atoms with Crippen molar-refractivity contribution < 1.29 is 14.3 Å². The van der Waals surface area contributed by atoms with Gasteiger partial charge >= 0.3 is 5.97 Å². The molecular weight excluding hydrogens is 304 g/mol. The number of benzene rings is 2. The van der Waals surface area contributed by atoms with Gasteiger partial charge < -0.3 is 9.47 Å². The Balaban J connectivity index is 1.53. The minimum Gasteiger partial charge on any atom is -0.489 e. The summed E-state index contributed by atoms with van der Waals surface area (Å²) in [7, 11) is 1.81. The van der Waals surface area contributed by atoms with Gasteiger partial charge in [-0.25, -0.2) is 4.79 Å². The number of carbonyl (C=O) groups is 1. The van der Waals surface area contributed by atoms with Gasteiger partial charge in [0.05, 0.1) is 11.3 Å². The number of carbonyl (C=O) groups excluding carboxylic acids is 1. The van der Waals surface area contributed by atoms with E-state index in [9.17, 15) is 4.79 Å². The van der Waals surface area contributed by atoms with E-state index in [2.05, 4.69) is 5.10 Å². The molecule has 3 rings (SSSR count). The number of nitrogens with zero attached hydrogens (tertiary/aromatic N) is 2. The number of ether oxygens (including phenoxy) is 2. The summed E-state index contributed by atoms with van der Waals surface area (Å²) in [6.45, 7) is 0.655. The molecule has 122 valence electrons. The van der Waals surface area contributed by atoms with Crippen molar-refractivity contribution in [3.63, 3.8) is 0 Å². The van der Waals surface area contributed by atoms with Crippen molar-refractivity contribution in [3.8, 4) is 5.75 Å². The van der Waals surface area contributed by atoms with Gasteiger partial charge in [0.1, 0.15) is 19.0 Å². The van der Waals surface area contributed by atoms with E-state index in [4.69, 9.17) is 9.47 Å². The summed E-state index contributed by atoms with van der Waals surface area (Å²) in [5.41, 5.74) is 2.35. The Hall–Kier alpha value is -3.08. The van der Waals surface area contributed by atoms with Crippen LogP contribution in [0.5, 0.6) is 5.75 Å². The first-order valence-corrected chi connectivity index (χ1v) is 7.63. The van der Waals surface area contributed by atoms with Crippen molar-refractivity contribution in [2.45, 2.75) is 13.2 Å². The van der Waals surface area contributed by atoms with Crippen molar-refractivity contribution in [3.05, 3.63) is 83.7 Å². The molecule has 0 N–H and O–H groups in total. The van der Waals surface area contributed by atoms with Gasteiger partial charge in [0.25, 0.3) is 0 Å². The molecule has 0 aliphatic carbocycles. The summed E-state index contributed by atoms with van der Waals surface area (Å²) in [6.07, 6.45) is 1.67. The summed E-state index contributed by atoms with van der Waals surface area (Å²) in [5, 5.41) is 4.04. The van der Waals surface area contributed by atoms with Crippen molar-refractivity contribution in [1.82, 2.24) is 9.78 Å². The van der Waals surface area contributed by atoms with Crippen LogP contribution in [0.15, 0.2) is 66.9 Å². The Morgan fingerprint density at radius 3 is 2.42 bits per heavy atom. The average molecular weight is 322 g/mol. The van der Waals surface area contributed by atoms with Crippen LogP contribution in [0.2, 0.25) is 0 Å². The second-order valence-corrected chi connectivity index (χ2v) is 5.32. The summed E-state index contributed by atoms with van der Waals surface area (Å²) in [5.74, 6) is 0.462. The van der Waals surface area contributed by atoms with E-state index in [1.165, 1.54) is 0 Å². The molecule has 2 aromatic carbocycles. The standard InChI is InChI=1S/C19H18N2O3/c1-21-17(11-12-20-21)14-24-19(22)16-9-7-15(8-10-16)13-23-18-5-3-2-4-6-18/h2-12H,13-14H2,1H3. The minimum absolute atomic E-state index is 0.203. The molecule has 0 radical (unpaired) electrons. The summed E-state index contributed by atoms with van der Waals surface area (Å²) < 4.78 is 12.6. The number of esters is 1. The molecule has 0 bridgehead atoms. The van der Waals surface area contributed by atoms with Gasteiger partial charge in [0.2, 0.25) is 0 Å². The molecule has 5 heteroatoms. The highest BCUT2D eigenvalue weighted by Crippen LogP contribution is 2.13. The van der Waals surface area contributed by atoms with Crippen molar-refractivity contribution in [1.29, 1.82) is 0 Å². The minimum atomic E-state index is -0.355. The first kappa shape index (κ1) is 15.8. The van der Waals surface area contributed by atoms with Gasteiger partial charge in [-0.15, -0.1) is 0 Å². The van der Waals surface area contributed by atoms with Crippen LogP contribution in [0.3, 0.4) is 0 Å². The molecule has 0 amide bonds. The monoisotopic (exact) mass is 322 g/mol. The van der Waals surface area contributed by atoms with E-state index in [0.29, 0.717) is 12.2 Å². The van der Waals surface area contributed by atoms with Crippen LogP contribution in [0, 0.1) is 0 Å². The third-order valence-electron chi connectivity index (χ3n) is 3.61. The largest absolute Gasteiger partial charge is 0.489 e. The number of aromatic nitrogens is 2. The van der Waals surface area contributed by atoms with E-state index in [-0.39, 0.29) is 12.6 Å². The highest BCUT2D eigenvalue weighted by atomic mass is 16.5. The fourth-order valence-corrected chi connectivity index (χ4v) is 2.19. The third kappa shape index (κ3) is 4.01. The van der Waals surface area contributed by atoms with Gasteiger partial charge in [-0.3, -0.25) is 4.68 Å². The van der Waals surface area contributed by atoms with Gasteiger partial charge in [-0.1, -0.05) is 30.3 Å². The fraction of sp³-hybridized carbons (Fsp3) is 0.158. The maximum absolute atomic E-state index is 12.1. The molecule has 0 saturated carbocycles. The molecular formula is C19H18N2O3. The topological polar surface area (TPSA) is 53.4 Å². The van der Waals surface area contributed by atoms with Crippen LogP contribution in [-0.2, 0) is 25.0 Å². The predicted octanol–water partition coefficient (Wildman–Crippen LogP) is 3.36. The van der Waals surface area contributed by atoms with Gasteiger partial charge in [0, 0.05) is 13.2 Å². The Labute approximate surface area is 140 Å². The van der Waals surface area contributed by atoms with Crippen molar-refractivity contribution >= 4 is 5.97 Å². The van der Waals surface area contributed by atoms with E-state index in [0.717, 1.165) is 17.0 Å². The SMILES string of the molecule is Cn1nccc1COC(=O)c1ccc(COc2ccccc2)cc1. The zero-order chi connectivity index (χ0) is 16.8. The molecule has 0 aliphatic heterocycles. The van der Waals surface area contributed by atoms with Crippen molar-refractivity contribution in [2.24, 2.45) is 7.05 Å². The Bertz CT molecular complexity index is 795. The molecule has 0 unspecified atom stereocenters. The summed E-state index contributed by atoms with van der Waals surface area (Å²) in [4.78, 5) is 12.1. The van der Waals surface area contributed by atoms with E-state index < -0.39 is 0 Å². The number of hydrogen-bond donors (Lipinski definition) is 0. The lowest BCUT2D eigenvalue weighted by atomic mass is 10.1. The van der Waals surface area contributed by atoms with Gasteiger partial charge in [0.15, 0.2) is 0 Å². The van der Waals surface area contributed by atoms with Crippen LogP contribution in [0.1, 0.15) is 21.6 Å². The Morgan fingerprint density at radius 2 is 1.75 bits per heavy atom. The fourth-order valence-electron chi connectivity index (χ4n) is 2.19. The molecule has 0 saturated heterocycles. The average Bonchev–Trinajstić information content (AvgIpc) is 3.04. The lowest BCUT2D eigenvalue weighted by Crippen LogP contribution is -2.08.